The molecule has 0 saturated carbocycles. The highest BCUT2D eigenvalue weighted by molar-refractivity contribution is 6.76. The summed E-state index contributed by atoms with van der Waals surface area (Å²) >= 11 is 0. The summed E-state index contributed by atoms with van der Waals surface area (Å²) in [7, 11) is -1.10. The van der Waals surface area contributed by atoms with Gasteiger partial charge in [-0.15, -0.1) is 0 Å². The van der Waals surface area contributed by atoms with Crippen LogP contribution in [0.3, 0.4) is 0 Å². The van der Waals surface area contributed by atoms with Gasteiger partial charge >= 0.3 is 0 Å². The van der Waals surface area contributed by atoms with E-state index >= 15 is 0 Å². The van der Waals surface area contributed by atoms with E-state index in [0.29, 0.717) is 5.04 Å². The average molecular weight is 299 g/mol. The Balaban J connectivity index is 2.52. The van der Waals surface area contributed by atoms with Gasteiger partial charge < -0.3 is 0 Å². The summed E-state index contributed by atoms with van der Waals surface area (Å²) in [5.41, 5.74) is 6.46. The third kappa shape index (κ3) is 2.68. The monoisotopic (exact) mass is 298 g/mol. The number of hydrogen-bond acceptors (Lipinski definition) is 0. The topological polar surface area (TPSA) is 0 Å². The molecule has 0 heterocycles. The summed E-state index contributed by atoms with van der Waals surface area (Å²) in [6.07, 6.45) is 1.24. The molecule has 0 aromatic heterocycles. The highest BCUT2D eigenvalue weighted by atomic mass is 28.3. The Kier molecular flexibility index (Phi) is 4.62. The second-order valence-electron chi connectivity index (χ2n) is 7.29. The first kappa shape index (κ1) is 16.3. The van der Waals surface area contributed by atoms with Gasteiger partial charge in [0.25, 0.3) is 0 Å². The molecule has 0 saturated heterocycles. The van der Waals surface area contributed by atoms with Crippen LogP contribution in [0.1, 0.15) is 48.0 Å². The quantitative estimate of drug-likeness (QED) is 0.668. The Bertz CT molecular complexity index is 577. The van der Waals surface area contributed by atoms with Gasteiger partial charge in [0.15, 0.2) is 0 Å². The maximum Gasteiger partial charge on any atom is 0.0828 e. The van der Waals surface area contributed by atoms with Gasteiger partial charge in [0.05, 0.1) is 8.80 Å². The molecule has 1 aromatic rings. The van der Waals surface area contributed by atoms with Crippen molar-refractivity contribution in [3.05, 3.63) is 52.6 Å². The van der Waals surface area contributed by atoms with Crippen molar-refractivity contribution in [3.8, 4) is 0 Å². The number of benzene rings is 1. The zero-order valence-corrected chi connectivity index (χ0v) is 15.9. The molecule has 2 unspecified atom stereocenters. The van der Waals surface area contributed by atoms with E-state index in [2.05, 4.69) is 78.4 Å². The van der Waals surface area contributed by atoms with E-state index in [9.17, 15) is 0 Å². The molecule has 0 amide bonds. The Morgan fingerprint density at radius 3 is 2.10 bits per heavy atom. The van der Waals surface area contributed by atoms with Crippen LogP contribution in [0.25, 0.3) is 0 Å². The van der Waals surface area contributed by atoms with Crippen LogP contribution in [0.4, 0.5) is 0 Å². The predicted octanol–water partition coefficient (Wildman–Crippen LogP) is 5.22. The van der Waals surface area contributed by atoms with Crippen LogP contribution in [-0.2, 0) is 0 Å². The molecule has 1 heteroatoms. The average Bonchev–Trinajstić information content (AvgIpc) is 2.63. The molecular weight excluding hydrogens is 268 g/mol. The fourth-order valence-electron chi connectivity index (χ4n) is 3.95. The van der Waals surface area contributed by atoms with E-state index in [1.807, 2.05) is 0 Å². The minimum absolute atomic E-state index is 0.305. The highest BCUT2D eigenvalue weighted by Crippen LogP contribution is 2.56. The molecule has 0 spiro atoms. The zero-order valence-electron chi connectivity index (χ0n) is 14.7. The summed E-state index contributed by atoms with van der Waals surface area (Å²) in [6, 6.07) is 11.2. The maximum atomic E-state index is 2.53. The zero-order chi connectivity index (χ0) is 15.8. The second-order valence-corrected chi connectivity index (χ2v) is 10.6. The molecule has 0 bridgehead atoms. The molecule has 1 aromatic carbocycles. The van der Waals surface area contributed by atoms with Gasteiger partial charge in [-0.3, -0.25) is 0 Å². The highest BCUT2D eigenvalue weighted by Gasteiger charge is 2.43. The smallest absolute Gasteiger partial charge is 0.0671 e. The SMILES string of the molecule is CC1=C(C)C(C)([SiH](C)c2ccccc2)C(CC(C)C)=C1C. The lowest BCUT2D eigenvalue weighted by molar-refractivity contribution is 0.602. The summed E-state index contributed by atoms with van der Waals surface area (Å²) in [5.74, 6) is 0.727. The Morgan fingerprint density at radius 2 is 1.57 bits per heavy atom. The van der Waals surface area contributed by atoms with Crippen LogP contribution < -0.4 is 5.19 Å². The van der Waals surface area contributed by atoms with E-state index in [1.165, 1.54) is 6.42 Å². The minimum atomic E-state index is -1.10. The van der Waals surface area contributed by atoms with Crippen molar-refractivity contribution in [2.24, 2.45) is 5.92 Å². The van der Waals surface area contributed by atoms with Crippen LogP contribution >= 0.6 is 0 Å². The summed E-state index contributed by atoms with van der Waals surface area (Å²) < 4.78 is 0. The van der Waals surface area contributed by atoms with Crippen molar-refractivity contribution in [1.29, 1.82) is 0 Å². The van der Waals surface area contributed by atoms with Crippen LogP contribution in [0.15, 0.2) is 52.6 Å². The van der Waals surface area contributed by atoms with E-state index in [-0.39, 0.29) is 0 Å². The lowest BCUT2D eigenvalue weighted by Crippen LogP contribution is -2.40. The first-order valence-electron chi connectivity index (χ1n) is 8.23. The second kappa shape index (κ2) is 5.96. The number of allylic oxidation sites excluding steroid dienone is 4. The maximum absolute atomic E-state index is 2.53. The molecule has 0 nitrogen and oxygen atoms in total. The molecule has 0 N–H and O–H groups in total. The molecule has 114 valence electrons. The normalized spacial score (nSPS) is 24.2. The van der Waals surface area contributed by atoms with Crippen LogP contribution in [0.2, 0.25) is 11.6 Å². The Labute approximate surface area is 132 Å². The number of hydrogen-bond donors (Lipinski definition) is 0. The molecule has 0 fully saturated rings. The van der Waals surface area contributed by atoms with Crippen molar-refractivity contribution in [2.75, 3.05) is 0 Å². The van der Waals surface area contributed by atoms with E-state index in [0.717, 1.165) is 5.92 Å². The molecule has 21 heavy (non-hydrogen) atoms. The summed E-state index contributed by atoms with van der Waals surface area (Å²) in [5, 5.41) is 1.89. The van der Waals surface area contributed by atoms with E-state index in [4.69, 9.17) is 0 Å². The molecular formula is C20H30Si. The third-order valence-electron chi connectivity index (χ3n) is 5.76. The molecule has 1 aliphatic rings. The minimum Gasteiger partial charge on any atom is -0.0671 e. The van der Waals surface area contributed by atoms with Gasteiger partial charge in [-0.25, -0.2) is 0 Å². The molecule has 2 rings (SSSR count). The first-order valence-corrected chi connectivity index (χ1v) is 10.5. The predicted molar refractivity (Wildman–Crippen MR) is 98.0 cm³/mol. The van der Waals surface area contributed by atoms with Crippen LogP contribution in [0.5, 0.6) is 0 Å². The summed E-state index contributed by atoms with van der Waals surface area (Å²) in [6.45, 7) is 16.8. The molecule has 2 atom stereocenters. The largest absolute Gasteiger partial charge is 0.0828 e. The van der Waals surface area contributed by atoms with Crippen molar-refractivity contribution in [3.63, 3.8) is 0 Å². The van der Waals surface area contributed by atoms with E-state index < -0.39 is 8.80 Å². The van der Waals surface area contributed by atoms with Gasteiger partial charge in [0.2, 0.25) is 0 Å². The van der Waals surface area contributed by atoms with Crippen LogP contribution in [0, 0.1) is 5.92 Å². The van der Waals surface area contributed by atoms with Crippen molar-refractivity contribution >= 4 is 14.0 Å². The van der Waals surface area contributed by atoms with Gasteiger partial charge in [-0.05, 0) is 44.3 Å². The number of rotatable bonds is 4. The van der Waals surface area contributed by atoms with Crippen molar-refractivity contribution < 1.29 is 0 Å². The summed E-state index contributed by atoms with van der Waals surface area (Å²) in [4.78, 5) is 0. The van der Waals surface area contributed by atoms with E-state index in [1.54, 1.807) is 27.5 Å². The molecule has 0 aliphatic heterocycles. The fraction of sp³-hybridized carbons (Fsp3) is 0.500. The molecule has 1 aliphatic carbocycles. The standard InChI is InChI=1S/C20H30Si/c1-14(2)13-19-16(4)15(3)17(5)20(19,6)21(7)18-11-9-8-10-12-18/h8-12,14,21H,13H2,1-7H3. The fourth-order valence-corrected chi connectivity index (χ4v) is 7.14. The van der Waals surface area contributed by atoms with Crippen LogP contribution in [-0.4, -0.2) is 8.80 Å². The van der Waals surface area contributed by atoms with Gasteiger partial charge in [-0.2, -0.15) is 0 Å². The van der Waals surface area contributed by atoms with Gasteiger partial charge in [-0.1, -0.05) is 74.0 Å². The Hall–Kier alpha value is -1.08. The Morgan fingerprint density at radius 1 is 1.00 bits per heavy atom. The lowest BCUT2D eigenvalue weighted by atomic mass is 9.89. The lowest BCUT2D eigenvalue weighted by Gasteiger charge is -2.37. The third-order valence-corrected chi connectivity index (χ3v) is 9.66. The van der Waals surface area contributed by atoms with Crippen molar-refractivity contribution in [2.45, 2.75) is 59.5 Å². The van der Waals surface area contributed by atoms with Gasteiger partial charge in [0, 0.05) is 5.04 Å². The van der Waals surface area contributed by atoms with Gasteiger partial charge in [0.1, 0.15) is 0 Å². The van der Waals surface area contributed by atoms with Crippen molar-refractivity contribution in [1.82, 2.24) is 0 Å². The molecule has 0 radical (unpaired) electrons. The first-order chi connectivity index (χ1) is 9.80.